The van der Waals surface area contributed by atoms with E-state index < -0.39 is 5.91 Å². The van der Waals surface area contributed by atoms with E-state index in [2.05, 4.69) is 10.3 Å². The van der Waals surface area contributed by atoms with Gasteiger partial charge in [-0.25, -0.2) is 4.98 Å². The van der Waals surface area contributed by atoms with Crippen LogP contribution in [0, 0.1) is 13.8 Å². The van der Waals surface area contributed by atoms with Crippen LogP contribution in [0.3, 0.4) is 0 Å². The van der Waals surface area contributed by atoms with Gasteiger partial charge in [0.15, 0.2) is 5.65 Å². The number of fused-ring (bicyclic) bond motifs is 1. The van der Waals surface area contributed by atoms with Crippen molar-refractivity contribution in [3.05, 3.63) is 76.4 Å². The number of benzene rings is 2. The number of nitrogens with zero attached hydrogens (tertiary/aromatic N) is 3. The van der Waals surface area contributed by atoms with Crippen LogP contribution in [0.4, 0.5) is 11.5 Å². The van der Waals surface area contributed by atoms with Crippen molar-refractivity contribution in [2.24, 2.45) is 5.73 Å². The van der Waals surface area contributed by atoms with E-state index in [-0.39, 0.29) is 0 Å². The lowest BCUT2D eigenvalue weighted by molar-refractivity contribution is 0.100. The van der Waals surface area contributed by atoms with Crippen molar-refractivity contribution in [2.75, 3.05) is 5.32 Å². The van der Waals surface area contributed by atoms with E-state index >= 15 is 0 Å². The first-order chi connectivity index (χ1) is 13.4. The second-order valence-corrected chi connectivity index (χ2v) is 7.01. The summed E-state index contributed by atoms with van der Waals surface area (Å²) in [5, 5.41) is 8.76. The largest absolute Gasteiger partial charge is 0.366 e. The van der Waals surface area contributed by atoms with E-state index in [9.17, 15) is 4.79 Å². The fraction of sp³-hybridized carbons (Fsp3) is 0.0952. The Morgan fingerprint density at radius 2 is 1.86 bits per heavy atom. The summed E-state index contributed by atoms with van der Waals surface area (Å²) in [6, 6.07) is 16.5. The third-order valence-electron chi connectivity index (χ3n) is 4.49. The quantitative estimate of drug-likeness (QED) is 0.536. The molecule has 2 aromatic carbocycles. The summed E-state index contributed by atoms with van der Waals surface area (Å²) in [7, 11) is 0. The summed E-state index contributed by atoms with van der Waals surface area (Å²) in [5.74, 6) is 0.313. The molecule has 0 saturated heterocycles. The minimum Gasteiger partial charge on any atom is -0.366 e. The molecular formula is C21H18ClN5O. The van der Waals surface area contributed by atoms with Gasteiger partial charge in [-0.15, -0.1) is 0 Å². The predicted molar refractivity (Wildman–Crippen MR) is 111 cm³/mol. The molecule has 6 nitrogen and oxygen atoms in total. The highest BCUT2D eigenvalue weighted by atomic mass is 35.5. The van der Waals surface area contributed by atoms with Gasteiger partial charge in [-0.3, -0.25) is 4.79 Å². The lowest BCUT2D eigenvalue weighted by Gasteiger charge is -2.10. The molecule has 0 radical (unpaired) electrons. The van der Waals surface area contributed by atoms with Gasteiger partial charge in [-0.05, 0) is 50.2 Å². The molecule has 3 N–H and O–H groups in total. The first kappa shape index (κ1) is 18.0. The second-order valence-electron chi connectivity index (χ2n) is 6.57. The Balaban J connectivity index is 1.80. The van der Waals surface area contributed by atoms with Crippen LogP contribution >= 0.6 is 11.6 Å². The Bertz CT molecular complexity index is 1200. The molecule has 0 bridgehead atoms. The van der Waals surface area contributed by atoms with Crippen LogP contribution in [0.25, 0.3) is 16.9 Å². The van der Waals surface area contributed by atoms with Gasteiger partial charge >= 0.3 is 0 Å². The maximum absolute atomic E-state index is 11.3. The van der Waals surface area contributed by atoms with Crippen molar-refractivity contribution in [1.82, 2.24) is 14.6 Å². The molecule has 0 atom stereocenters. The fourth-order valence-electron chi connectivity index (χ4n) is 3.11. The van der Waals surface area contributed by atoms with E-state index in [1.165, 1.54) is 0 Å². The Hall–Kier alpha value is -3.38. The molecule has 2 heterocycles. The van der Waals surface area contributed by atoms with Crippen LogP contribution in [-0.4, -0.2) is 20.5 Å². The number of carbonyl (C=O) groups is 1. The number of anilines is 2. The molecule has 4 aromatic rings. The molecule has 7 heteroatoms. The summed E-state index contributed by atoms with van der Waals surface area (Å²) in [5.41, 5.74) is 10.9. The van der Waals surface area contributed by atoms with Crippen LogP contribution in [0.5, 0.6) is 0 Å². The van der Waals surface area contributed by atoms with Gasteiger partial charge in [-0.2, -0.15) is 9.61 Å². The zero-order valence-corrected chi connectivity index (χ0v) is 16.2. The molecule has 2 aromatic heterocycles. The van der Waals surface area contributed by atoms with Gasteiger partial charge in [-0.1, -0.05) is 23.7 Å². The van der Waals surface area contributed by atoms with Gasteiger partial charge in [0.25, 0.3) is 0 Å². The summed E-state index contributed by atoms with van der Waals surface area (Å²) < 4.78 is 1.78. The lowest BCUT2D eigenvalue weighted by atomic mass is 10.1. The van der Waals surface area contributed by atoms with Crippen LogP contribution in [0.15, 0.2) is 54.6 Å². The monoisotopic (exact) mass is 391 g/mol. The van der Waals surface area contributed by atoms with Crippen molar-refractivity contribution >= 4 is 34.7 Å². The number of halogens is 1. The van der Waals surface area contributed by atoms with Crippen LogP contribution in [-0.2, 0) is 0 Å². The zero-order chi connectivity index (χ0) is 19.8. The molecule has 4 rings (SSSR count). The van der Waals surface area contributed by atoms with Crippen LogP contribution in [0.2, 0.25) is 5.02 Å². The molecule has 0 fully saturated rings. The van der Waals surface area contributed by atoms with E-state index in [1.54, 1.807) is 28.8 Å². The van der Waals surface area contributed by atoms with Gasteiger partial charge in [0.2, 0.25) is 5.91 Å². The number of aromatic nitrogens is 3. The third kappa shape index (κ3) is 3.30. The first-order valence-electron chi connectivity index (χ1n) is 8.72. The first-order valence-corrected chi connectivity index (χ1v) is 9.10. The summed E-state index contributed by atoms with van der Waals surface area (Å²) in [6.45, 7) is 3.93. The van der Waals surface area contributed by atoms with E-state index in [0.717, 1.165) is 39.7 Å². The molecule has 0 saturated carbocycles. The molecular weight excluding hydrogens is 374 g/mol. The lowest BCUT2D eigenvalue weighted by Crippen LogP contribution is -2.10. The molecule has 0 aliphatic heterocycles. The maximum atomic E-state index is 11.3. The smallest absolute Gasteiger partial charge is 0.248 e. The number of hydrogen-bond donors (Lipinski definition) is 2. The Kier molecular flexibility index (Phi) is 4.49. The molecule has 0 aliphatic carbocycles. The third-order valence-corrected chi connectivity index (χ3v) is 4.72. The number of nitrogens with two attached hydrogens (primary N) is 1. The van der Waals surface area contributed by atoms with Crippen LogP contribution in [0.1, 0.15) is 21.6 Å². The molecule has 140 valence electrons. The van der Waals surface area contributed by atoms with Crippen molar-refractivity contribution in [1.29, 1.82) is 0 Å². The van der Waals surface area contributed by atoms with E-state index in [1.807, 2.05) is 44.2 Å². The Labute approximate surface area is 167 Å². The number of primary amides is 1. The maximum Gasteiger partial charge on any atom is 0.248 e. The molecule has 0 aliphatic rings. The van der Waals surface area contributed by atoms with Gasteiger partial charge in [0.05, 0.1) is 5.69 Å². The molecule has 0 spiro atoms. The Morgan fingerprint density at radius 1 is 1.11 bits per heavy atom. The van der Waals surface area contributed by atoms with Crippen molar-refractivity contribution in [3.8, 4) is 11.3 Å². The number of rotatable bonds is 4. The second kappa shape index (κ2) is 6.98. The molecule has 1 amide bonds. The zero-order valence-electron chi connectivity index (χ0n) is 15.4. The standard InChI is InChI=1S/C21H18ClN5O/c1-12-10-18(25-17-8-6-14(7-9-17)20(23)28)27-21(24-12)13(2)19(26-27)15-4-3-5-16(22)11-15/h3-11,25H,1-2H3,(H2,23,28). The van der Waals surface area contributed by atoms with Crippen molar-refractivity contribution < 1.29 is 4.79 Å². The highest BCUT2D eigenvalue weighted by molar-refractivity contribution is 6.30. The average Bonchev–Trinajstić information content (AvgIpc) is 2.99. The summed E-state index contributed by atoms with van der Waals surface area (Å²) in [4.78, 5) is 15.9. The van der Waals surface area contributed by atoms with Gasteiger partial charge < -0.3 is 11.1 Å². The number of aryl methyl sites for hydroxylation is 2. The fourth-order valence-corrected chi connectivity index (χ4v) is 3.30. The average molecular weight is 392 g/mol. The normalized spacial score (nSPS) is 11.0. The summed E-state index contributed by atoms with van der Waals surface area (Å²) >= 11 is 6.15. The topological polar surface area (TPSA) is 85.3 Å². The van der Waals surface area contributed by atoms with Gasteiger partial charge in [0.1, 0.15) is 5.82 Å². The number of carbonyl (C=O) groups excluding carboxylic acids is 1. The van der Waals surface area contributed by atoms with Crippen molar-refractivity contribution in [2.45, 2.75) is 13.8 Å². The highest BCUT2D eigenvalue weighted by Gasteiger charge is 2.15. The number of nitrogens with one attached hydrogen (secondary N) is 1. The van der Waals surface area contributed by atoms with E-state index in [0.29, 0.717) is 10.6 Å². The number of amides is 1. The van der Waals surface area contributed by atoms with E-state index in [4.69, 9.17) is 22.4 Å². The van der Waals surface area contributed by atoms with Gasteiger partial charge in [0, 0.05) is 39.2 Å². The highest BCUT2D eigenvalue weighted by Crippen LogP contribution is 2.29. The minimum absolute atomic E-state index is 0.456. The van der Waals surface area contributed by atoms with Crippen molar-refractivity contribution in [3.63, 3.8) is 0 Å². The predicted octanol–water partition coefficient (Wildman–Crippen LogP) is 4.51. The Morgan fingerprint density at radius 3 is 2.54 bits per heavy atom. The molecule has 0 unspecified atom stereocenters. The summed E-state index contributed by atoms with van der Waals surface area (Å²) in [6.07, 6.45) is 0. The minimum atomic E-state index is -0.456. The van der Waals surface area contributed by atoms with Crippen LogP contribution < -0.4 is 11.1 Å². The SMILES string of the molecule is Cc1cc(Nc2ccc(C(N)=O)cc2)n2nc(-c3cccc(Cl)c3)c(C)c2n1. The molecule has 28 heavy (non-hydrogen) atoms. The number of hydrogen-bond acceptors (Lipinski definition) is 4.